The van der Waals surface area contributed by atoms with Crippen LogP contribution in [0.1, 0.15) is 5.82 Å². The Morgan fingerprint density at radius 2 is 1.87 bits per heavy atom. The first-order valence-corrected chi connectivity index (χ1v) is 4.56. The van der Waals surface area contributed by atoms with Crippen molar-refractivity contribution in [2.75, 3.05) is 0 Å². The predicted molar refractivity (Wildman–Crippen MR) is 57.4 cm³/mol. The first-order valence-electron chi connectivity index (χ1n) is 4.56. The Kier molecular flexibility index (Phi) is 2.22. The van der Waals surface area contributed by atoms with Crippen molar-refractivity contribution in [3.8, 4) is 11.4 Å². The lowest BCUT2D eigenvalue weighted by atomic mass is 10.2. The number of aryl methyl sites for hydroxylation is 1. The molecule has 0 unspecified atom stereocenters. The van der Waals surface area contributed by atoms with Crippen molar-refractivity contribution in [3.63, 3.8) is 0 Å². The topological polar surface area (TPSA) is 35.1 Å². The van der Waals surface area contributed by atoms with Crippen LogP contribution >= 0.6 is 0 Å². The number of hydrogen-bond donors (Lipinski definition) is 0. The van der Waals surface area contributed by atoms with Crippen LogP contribution in [-0.2, 0) is 7.05 Å². The number of hydrogen-bond acceptors (Lipinski definition) is 2. The second-order valence-electron chi connectivity index (χ2n) is 3.29. The van der Waals surface area contributed by atoms with Crippen LogP contribution in [0.15, 0.2) is 24.3 Å². The molecule has 0 aliphatic rings. The van der Waals surface area contributed by atoms with Gasteiger partial charge in [0.15, 0.2) is 11.5 Å². The van der Waals surface area contributed by atoms with E-state index in [9.17, 15) is 0 Å². The molecule has 0 bridgehead atoms. The monoisotopic (exact) mass is 198 g/mol. The minimum absolute atomic E-state index is 0.637. The van der Waals surface area contributed by atoms with Crippen molar-refractivity contribution in [2.45, 2.75) is 6.92 Å². The number of benzene rings is 1. The van der Waals surface area contributed by atoms with E-state index >= 15 is 0 Å². The van der Waals surface area contributed by atoms with Gasteiger partial charge < -0.3 is 4.57 Å². The van der Waals surface area contributed by atoms with E-state index in [1.54, 1.807) is 12.1 Å². The zero-order valence-electron chi connectivity index (χ0n) is 8.60. The third-order valence-corrected chi connectivity index (χ3v) is 2.35. The summed E-state index contributed by atoms with van der Waals surface area (Å²) in [5, 5.41) is 8.06. The fourth-order valence-electron chi connectivity index (χ4n) is 1.34. The molecule has 4 nitrogen and oxygen atoms in total. The average Bonchev–Trinajstić information content (AvgIpc) is 2.60. The summed E-state index contributed by atoms with van der Waals surface area (Å²) in [6, 6.07) is 7.34. The Hall–Kier alpha value is -2.15. The molecular formula is C11H10N4. The minimum Gasteiger partial charge on any atom is -0.314 e. The molecule has 0 N–H and O–H groups in total. The number of aromatic nitrogens is 3. The van der Waals surface area contributed by atoms with Crippen molar-refractivity contribution in [3.05, 3.63) is 41.5 Å². The molecule has 0 saturated carbocycles. The lowest BCUT2D eigenvalue weighted by Gasteiger charge is -2.01. The highest BCUT2D eigenvalue weighted by molar-refractivity contribution is 5.60. The first kappa shape index (κ1) is 9.41. The fraction of sp³-hybridized carbons (Fsp3) is 0.182. The van der Waals surface area contributed by atoms with E-state index in [1.165, 1.54) is 0 Å². The lowest BCUT2D eigenvalue weighted by Crippen LogP contribution is -1.94. The lowest BCUT2D eigenvalue weighted by molar-refractivity contribution is 0.865. The zero-order valence-corrected chi connectivity index (χ0v) is 8.60. The van der Waals surface area contributed by atoms with Gasteiger partial charge in [0, 0.05) is 12.6 Å². The molecule has 0 amide bonds. The van der Waals surface area contributed by atoms with Crippen LogP contribution in [0, 0.1) is 13.5 Å². The maximum Gasteiger partial charge on any atom is 0.187 e. The van der Waals surface area contributed by atoms with Gasteiger partial charge in [-0.3, -0.25) is 0 Å². The van der Waals surface area contributed by atoms with Gasteiger partial charge in [0.1, 0.15) is 5.82 Å². The third-order valence-electron chi connectivity index (χ3n) is 2.35. The summed E-state index contributed by atoms with van der Waals surface area (Å²) in [5.41, 5.74) is 1.61. The van der Waals surface area contributed by atoms with Gasteiger partial charge in [0.2, 0.25) is 0 Å². The first-order chi connectivity index (χ1) is 7.22. The smallest absolute Gasteiger partial charge is 0.187 e. The van der Waals surface area contributed by atoms with Crippen molar-refractivity contribution in [1.82, 2.24) is 14.8 Å². The highest BCUT2D eigenvalue weighted by atomic mass is 15.3. The summed E-state index contributed by atoms with van der Waals surface area (Å²) in [4.78, 5) is 3.34. The van der Waals surface area contributed by atoms with E-state index in [0.717, 1.165) is 17.2 Å². The number of rotatable bonds is 1. The van der Waals surface area contributed by atoms with Crippen LogP contribution in [-0.4, -0.2) is 14.8 Å². The quantitative estimate of drug-likeness (QED) is 0.659. The highest BCUT2D eigenvalue weighted by Gasteiger charge is 2.06. The molecule has 1 heterocycles. The number of nitrogens with zero attached hydrogens (tertiary/aromatic N) is 4. The van der Waals surface area contributed by atoms with Crippen LogP contribution in [0.2, 0.25) is 0 Å². The summed E-state index contributed by atoms with van der Waals surface area (Å²) in [6.07, 6.45) is 0. The van der Waals surface area contributed by atoms with Gasteiger partial charge in [-0.1, -0.05) is 24.3 Å². The van der Waals surface area contributed by atoms with Crippen LogP contribution in [0.5, 0.6) is 0 Å². The van der Waals surface area contributed by atoms with Crippen LogP contribution in [0.3, 0.4) is 0 Å². The SMILES string of the molecule is [C-]#[N+]c1ccc(-c2nnc(C)n2C)cc1. The summed E-state index contributed by atoms with van der Waals surface area (Å²) < 4.78 is 1.92. The van der Waals surface area contributed by atoms with Crippen molar-refractivity contribution >= 4 is 5.69 Å². The van der Waals surface area contributed by atoms with Gasteiger partial charge in [-0.05, 0) is 6.92 Å². The van der Waals surface area contributed by atoms with E-state index in [0.29, 0.717) is 5.69 Å². The Balaban J connectivity index is 2.47. The molecule has 0 aliphatic heterocycles. The van der Waals surface area contributed by atoms with Gasteiger partial charge in [-0.15, -0.1) is 10.2 Å². The van der Waals surface area contributed by atoms with Gasteiger partial charge in [0.25, 0.3) is 0 Å². The van der Waals surface area contributed by atoms with Crippen molar-refractivity contribution in [1.29, 1.82) is 0 Å². The van der Waals surface area contributed by atoms with E-state index in [2.05, 4.69) is 15.0 Å². The largest absolute Gasteiger partial charge is 0.314 e. The molecule has 4 heteroatoms. The van der Waals surface area contributed by atoms with Crippen LogP contribution in [0.4, 0.5) is 5.69 Å². The molecule has 1 aromatic carbocycles. The maximum absolute atomic E-state index is 6.86. The average molecular weight is 198 g/mol. The van der Waals surface area contributed by atoms with Gasteiger partial charge >= 0.3 is 0 Å². The van der Waals surface area contributed by atoms with Gasteiger partial charge in [-0.2, -0.15) is 0 Å². The van der Waals surface area contributed by atoms with Crippen molar-refractivity contribution in [2.24, 2.45) is 7.05 Å². The fourth-order valence-corrected chi connectivity index (χ4v) is 1.34. The zero-order chi connectivity index (χ0) is 10.8. The molecule has 2 rings (SSSR count). The predicted octanol–water partition coefficient (Wildman–Crippen LogP) is 2.34. The molecule has 0 spiro atoms. The second kappa shape index (κ2) is 3.54. The standard InChI is InChI=1S/C11H10N4/c1-8-13-14-11(15(8)3)9-4-6-10(12-2)7-5-9/h4-7H,1,3H3. The molecule has 74 valence electrons. The molecule has 0 aliphatic carbocycles. The summed E-state index contributed by atoms with van der Waals surface area (Å²) >= 11 is 0. The molecule has 0 atom stereocenters. The normalized spacial score (nSPS) is 9.93. The van der Waals surface area contributed by atoms with Crippen LogP contribution in [0.25, 0.3) is 16.2 Å². The maximum atomic E-state index is 6.86. The van der Waals surface area contributed by atoms with Gasteiger partial charge in [-0.25, -0.2) is 4.85 Å². The Bertz CT molecular complexity index is 517. The van der Waals surface area contributed by atoms with Gasteiger partial charge in [0.05, 0.1) is 6.57 Å². The van der Waals surface area contributed by atoms with E-state index < -0.39 is 0 Å². The van der Waals surface area contributed by atoms with E-state index in [-0.39, 0.29) is 0 Å². The molecule has 1 aromatic heterocycles. The molecular weight excluding hydrogens is 188 g/mol. The highest BCUT2D eigenvalue weighted by Crippen LogP contribution is 2.20. The summed E-state index contributed by atoms with van der Waals surface area (Å²) in [5.74, 6) is 1.70. The van der Waals surface area contributed by atoms with Crippen molar-refractivity contribution < 1.29 is 0 Å². The molecule has 0 fully saturated rings. The Morgan fingerprint density at radius 1 is 1.20 bits per heavy atom. The molecule has 0 radical (unpaired) electrons. The second-order valence-corrected chi connectivity index (χ2v) is 3.29. The third kappa shape index (κ3) is 1.59. The van der Waals surface area contributed by atoms with E-state index in [1.807, 2.05) is 30.7 Å². The Labute approximate surface area is 88.0 Å². The molecule has 15 heavy (non-hydrogen) atoms. The van der Waals surface area contributed by atoms with E-state index in [4.69, 9.17) is 6.57 Å². The summed E-state index contributed by atoms with van der Waals surface area (Å²) in [7, 11) is 1.92. The Morgan fingerprint density at radius 3 is 2.33 bits per heavy atom. The van der Waals surface area contributed by atoms with Crippen LogP contribution < -0.4 is 0 Å². The molecule has 0 saturated heterocycles. The molecule has 2 aromatic rings. The minimum atomic E-state index is 0.637. The summed E-state index contributed by atoms with van der Waals surface area (Å²) in [6.45, 7) is 8.76.